The average molecular weight is 422 g/mol. The van der Waals surface area contributed by atoms with E-state index in [0.29, 0.717) is 0 Å². The van der Waals surface area contributed by atoms with Crippen LogP contribution in [0.25, 0.3) is 0 Å². The van der Waals surface area contributed by atoms with Gasteiger partial charge < -0.3 is 29.6 Å². The molecule has 1 atom stereocenters. The van der Waals surface area contributed by atoms with E-state index in [1.165, 1.54) is 10.5 Å². The van der Waals surface area contributed by atoms with Crippen LogP contribution in [0.3, 0.4) is 0 Å². The van der Waals surface area contributed by atoms with E-state index in [0.717, 1.165) is 12.8 Å². The van der Waals surface area contributed by atoms with Crippen LogP contribution in [-0.2, 0) is 26.5 Å². The molecule has 133 valence electrons. The van der Waals surface area contributed by atoms with Crippen molar-refractivity contribution < 1.29 is 51.3 Å². The Kier molecular flexibility index (Phi) is 11.2. The first-order valence-electron chi connectivity index (χ1n) is 7.67. The predicted octanol–water partition coefficient (Wildman–Crippen LogP) is -0.184. The zero-order valence-corrected chi connectivity index (χ0v) is 19.3. The van der Waals surface area contributed by atoms with Gasteiger partial charge in [-0.05, 0) is 31.8 Å². The Morgan fingerprint density at radius 3 is 2.17 bits per heavy atom. The molecule has 2 rings (SSSR count). The van der Waals surface area contributed by atoms with E-state index in [1.54, 1.807) is 0 Å². The molecule has 24 heavy (non-hydrogen) atoms. The first kappa shape index (κ1) is 26.8. The van der Waals surface area contributed by atoms with E-state index in [9.17, 15) is 0 Å². The summed E-state index contributed by atoms with van der Waals surface area (Å²) in [6.45, 7) is 13.2. The van der Waals surface area contributed by atoms with Crippen molar-refractivity contribution in [3.63, 3.8) is 0 Å². The monoisotopic (exact) mass is 421 g/mol. The van der Waals surface area contributed by atoms with Gasteiger partial charge in [-0.2, -0.15) is 11.0 Å². The summed E-state index contributed by atoms with van der Waals surface area (Å²) in [5.74, 6) is 0. The topological polar surface area (TPSA) is 9.23 Å². The third kappa shape index (κ3) is 7.06. The van der Waals surface area contributed by atoms with E-state index in [1.807, 2.05) is 11.8 Å². The van der Waals surface area contributed by atoms with E-state index in [4.69, 9.17) is 4.74 Å². The van der Waals surface area contributed by atoms with Gasteiger partial charge in [0.05, 0.1) is 5.60 Å². The molecule has 0 N–H and O–H groups in total. The van der Waals surface area contributed by atoms with E-state index >= 15 is 0 Å². The van der Waals surface area contributed by atoms with Gasteiger partial charge in [0, 0.05) is 6.42 Å². The van der Waals surface area contributed by atoms with Crippen molar-refractivity contribution >= 4 is 11.8 Å². The van der Waals surface area contributed by atoms with Gasteiger partial charge in [-0.1, -0.05) is 39.0 Å². The molecular weight excluding hydrogens is 395 g/mol. The average Bonchev–Trinajstić information content (AvgIpc) is 2.78. The van der Waals surface area contributed by atoms with Crippen molar-refractivity contribution in [2.45, 2.75) is 64.9 Å². The summed E-state index contributed by atoms with van der Waals surface area (Å²) in [4.78, 5) is 0.868. The molecule has 0 heterocycles. The number of allylic oxidation sites excluding steroid dienone is 5. The van der Waals surface area contributed by atoms with E-state index in [-0.39, 0.29) is 62.5 Å². The predicted molar refractivity (Wildman–Crippen MR) is 93.0 cm³/mol. The van der Waals surface area contributed by atoms with Gasteiger partial charge in [-0.3, -0.25) is 6.08 Å². The van der Waals surface area contributed by atoms with Crippen molar-refractivity contribution in [3.8, 4) is 0 Å². The Labute approximate surface area is 179 Å². The maximum Gasteiger partial charge on any atom is 3.00 e. The van der Waals surface area contributed by atoms with Crippen LogP contribution < -0.4 is 24.8 Å². The molecular formula is C19H27Cl2OSTi. The molecule has 0 saturated carbocycles. The second-order valence-corrected chi connectivity index (χ2v) is 8.98. The van der Waals surface area contributed by atoms with Crippen molar-refractivity contribution in [3.05, 3.63) is 46.9 Å². The molecule has 0 saturated heterocycles. The normalized spacial score (nSPS) is 22.8. The van der Waals surface area contributed by atoms with Gasteiger partial charge in [0.2, 0.25) is 0 Å². The molecule has 2 aliphatic carbocycles. The fraction of sp³-hybridized carbons (Fsp3) is 0.579. The molecule has 0 fully saturated rings. The van der Waals surface area contributed by atoms with Gasteiger partial charge >= 0.3 is 21.7 Å². The molecule has 0 aromatic carbocycles. The number of hydrogen-bond donors (Lipinski definition) is 0. The SMILES string of the molecule is CC(C)(C)OC1(SC2=[C-]CC=C2)CC=CC=C1C(C)(C)C.[Cl-].[Cl-].[Ti+3]. The van der Waals surface area contributed by atoms with Gasteiger partial charge in [-0.25, -0.2) is 6.08 Å². The maximum atomic E-state index is 6.62. The maximum absolute atomic E-state index is 6.62. The molecule has 1 unspecified atom stereocenters. The molecule has 0 aliphatic heterocycles. The van der Waals surface area contributed by atoms with Crippen LogP contribution in [0.1, 0.15) is 54.4 Å². The molecule has 0 bridgehead atoms. The standard InChI is InChI=1S/C19H27OS.2ClH.Ti/c1-17(2,3)16-13-9-10-14-19(16,20-18(4,5)6)21-15-11-7-8-12-15;;;/h7,9-11,13H,8,14H2,1-6H3;2*1H;/q-1;;;+3/p-2. The molecule has 5 heteroatoms. The summed E-state index contributed by atoms with van der Waals surface area (Å²) >= 11 is 1.81. The fourth-order valence-corrected chi connectivity index (χ4v) is 4.42. The molecule has 1 radical (unpaired) electrons. The Balaban J connectivity index is 0. The Morgan fingerprint density at radius 2 is 1.71 bits per heavy atom. The minimum absolute atomic E-state index is 0. The Bertz CT molecular complexity index is 524. The third-order valence-electron chi connectivity index (χ3n) is 3.41. The zero-order chi connectivity index (χ0) is 15.7. The molecule has 0 spiro atoms. The van der Waals surface area contributed by atoms with E-state index in [2.05, 4.69) is 78.0 Å². The van der Waals surface area contributed by atoms with E-state index < -0.39 is 0 Å². The summed E-state index contributed by atoms with van der Waals surface area (Å²) < 4.78 is 6.62. The Hall–Kier alpha value is 0.564. The molecule has 1 nitrogen and oxygen atoms in total. The minimum atomic E-state index is -0.331. The number of thioether (sulfide) groups is 1. The van der Waals surface area contributed by atoms with Crippen molar-refractivity contribution in [1.29, 1.82) is 0 Å². The first-order chi connectivity index (χ1) is 9.62. The molecule has 0 amide bonds. The Morgan fingerprint density at radius 1 is 1.08 bits per heavy atom. The quantitative estimate of drug-likeness (QED) is 0.355. The van der Waals surface area contributed by atoms with Crippen LogP contribution in [0.5, 0.6) is 0 Å². The van der Waals surface area contributed by atoms with Gasteiger partial charge in [0.1, 0.15) is 4.93 Å². The van der Waals surface area contributed by atoms with Gasteiger partial charge in [0.25, 0.3) is 0 Å². The number of ether oxygens (including phenoxy) is 1. The van der Waals surface area contributed by atoms with Gasteiger partial charge in [0.15, 0.2) is 0 Å². The summed E-state index contributed by atoms with van der Waals surface area (Å²) in [5.41, 5.74) is 1.24. The van der Waals surface area contributed by atoms with Crippen LogP contribution in [0.2, 0.25) is 0 Å². The molecule has 0 aromatic rings. The van der Waals surface area contributed by atoms with Crippen LogP contribution >= 0.6 is 11.8 Å². The molecule has 0 aromatic heterocycles. The minimum Gasteiger partial charge on any atom is -1.00 e. The van der Waals surface area contributed by atoms with Crippen molar-refractivity contribution in [1.82, 2.24) is 0 Å². The van der Waals surface area contributed by atoms with Crippen LogP contribution in [-0.4, -0.2) is 10.5 Å². The van der Waals surface area contributed by atoms with Gasteiger partial charge in [-0.15, -0.1) is 18.2 Å². The molecule has 2 aliphatic rings. The summed E-state index contributed by atoms with van der Waals surface area (Å²) in [5, 5.41) is 0. The second-order valence-electron chi connectivity index (χ2n) is 7.68. The largest absolute Gasteiger partial charge is 3.00 e. The number of rotatable bonds is 3. The van der Waals surface area contributed by atoms with Crippen LogP contribution in [0.15, 0.2) is 40.9 Å². The summed E-state index contributed by atoms with van der Waals surface area (Å²) in [6, 6.07) is 0. The first-order valence-corrected chi connectivity index (χ1v) is 8.48. The smallest absolute Gasteiger partial charge is 1.00 e. The number of hydrogen-bond acceptors (Lipinski definition) is 2. The summed E-state index contributed by atoms with van der Waals surface area (Å²) in [6.07, 6.45) is 16.2. The number of halogens is 2. The van der Waals surface area contributed by atoms with Crippen molar-refractivity contribution in [2.75, 3.05) is 0 Å². The zero-order valence-electron chi connectivity index (χ0n) is 15.4. The fourth-order valence-electron chi connectivity index (χ4n) is 2.79. The van der Waals surface area contributed by atoms with Crippen LogP contribution in [0, 0.1) is 11.5 Å². The second kappa shape index (κ2) is 10.0. The summed E-state index contributed by atoms with van der Waals surface area (Å²) in [7, 11) is 0. The van der Waals surface area contributed by atoms with Crippen molar-refractivity contribution in [2.24, 2.45) is 5.41 Å². The van der Waals surface area contributed by atoms with Crippen LogP contribution in [0.4, 0.5) is 0 Å². The third-order valence-corrected chi connectivity index (χ3v) is 4.71.